The lowest BCUT2D eigenvalue weighted by atomic mass is 9.82. The predicted octanol–water partition coefficient (Wildman–Crippen LogP) is 12.2. The summed E-state index contributed by atoms with van der Waals surface area (Å²) in [7, 11) is 0. The Morgan fingerprint density at radius 2 is 1.09 bits per heavy atom. The molecule has 0 fully saturated rings. The summed E-state index contributed by atoms with van der Waals surface area (Å²) in [4.78, 5) is 2.42. The van der Waals surface area contributed by atoms with E-state index in [-0.39, 0.29) is 5.41 Å². The van der Waals surface area contributed by atoms with E-state index in [1.165, 1.54) is 44.2 Å². The van der Waals surface area contributed by atoms with Gasteiger partial charge < -0.3 is 9.32 Å². The maximum atomic E-state index is 6.40. The first-order valence-corrected chi connectivity index (χ1v) is 15.6. The first kappa shape index (κ1) is 25.9. The topological polar surface area (TPSA) is 16.4 Å². The van der Waals surface area contributed by atoms with Gasteiger partial charge in [-0.05, 0) is 87.1 Å². The highest BCUT2D eigenvalue weighted by Crippen LogP contribution is 2.51. The Morgan fingerprint density at radius 1 is 0.467 bits per heavy atom. The maximum absolute atomic E-state index is 6.40. The highest BCUT2D eigenvalue weighted by Gasteiger charge is 2.35. The zero-order valence-electron chi connectivity index (χ0n) is 25.3. The van der Waals surface area contributed by atoms with Gasteiger partial charge >= 0.3 is 0 Å². The van der Waals surface area contributed by atoms with Crippen molar-refractivity contribution in [1.29, 1.82) is 0 Å². The van der Waals surface area contributed by atoms with Crippen LogP contribution in [0, 0.1) is 0 Å². The summed E-state index contributed by atoms with van der Waals surface area (Å²) < 4.78 is 6.40. The van der Waals surface area contributed by atoms with Gasteiger partial charge in [0.05, 0.1) is 5.69 Å². The molecule has 45 heavy (non-hydrogen) atoms. The van der Waals surface area contributed by atoms with Gasteiger partial charge in [0.1, 0.15) is 11.2 Å². The van der Waals surface area contributed by atoms with Gasteiger partial charge in [0, 0.05) is 33.1 Å². The smallest absolute Gasteiger partial charge is 0.136 e. The van der Waals surface area contributed by atoms with E-state index in [2.05, 4.69) is 170 Å². The van der Waals surface area contributed by atoms with Crippen LogP contribution in [0.15, 0.2) is 156 Å². The molecule has 0 radical (unpaired) electrons. The van der Waals surface area contributed by atoms with E-state index in [9.17, 15) is 0 Å². The predicted molar refractivity (Wildman–Crippen MR) is 189 cm³/mol. The average molecular weight is 578 g/mol. The number of anilines is 3. The fourth-order valence-corrected chi connectivity index (χ4v) is 7.38. The summed E-state index contributed by atoms with van der Waals surface area (Å²) in [6, 6.07) is 54.8. The SMILES string of the molecule is CC1(C)c2ccccc2-c2ccc(N(c3ccc4oc5cc6ccccc6cc5c4c3)c3ccccc3-c3ccccc3)cc21. The minimum absolute atomic E-state index is 0.0989. The fourth-order valence-electron chi connectivity index (χ4n) is 7.38. The van der Waals surface area contributed by atoms with Crippen LogP contribution < -0.4 is 4.90 Å². The van der Waals surface area contributed by atoms with Crippen LogP contribution in [0.5, 0.6) is 0 Å². The van der Waals surface area contributed by atoms with Crippen LogP contribution in [-0.4, -0.2) is 0 Å². The molecule has 0 amide bonds. The van der Waals surface area contributed by atoms with Gasteiger partial charge in [-0.25, -0.2) is 0 Å². The molecular weight excluding hydrogens is 546 g/mol. The molecule has 0 N–H and O–H groups in total. The monoisotopic (exact) mass is 577 g/mol. The number of hydrogen-bond donors (Lipinski definition) is 0. The van der Waals surface area contributed by atoms with E-state index >= 15 is 0 Å². The lowest BCUT2D eigenvalue weighted by molar-refractivity contribution is 0.660. The number of nitrogens with zero attached hydrogens (tertiary/aromatic N) is 1. The Balaban J connectivity index is 1.30. The quantitative estimate of drug-likeness (QED) is 0.207. The second-order valence-electron chi connectivity index (χ2n) is 12.6. The lowest BCUT2D eigenvalue weighted by Gasteiger charge is -2.30. The van der Waals surface area contributed by atoms with Crippen molar-refractivity contribution in [2.45, 2.75) is 19.3 Å². The van der Waals surface area contributed by atoms with E-state index in [1.807, 2.05) is 0 Å². The summed E-state index contributed by atoms with van der Waals surface area (Å²) in [6.07, 6.45) is 0. The first-order chi connectivity index (χ1) is 22.1. The molecule has 1 aromatic heterocycles. The van der Waals surface area contributed by atoms with Crippen LogP contribution in [0.4, 0.5) is 17.1 Å². The van der Waals surface area contributed by atoms with Gasteiger partial charge in [-0.3, -0.25) is 0 Å². The van der Waals surface area contributed by atoms with Crippen molar-refractivity contribution in [3.63, 3.8) is 0 Å². The van der Waals surface area contributed by atoms with Crippen LogP contribution in [0.25, 0.3) is 55.0 Å². The Labute approximate surface area is 262 Å². The fraction of sp³-hybridized carbons (Fsp3) is 0.0698. The molecular formula is C43H31NO. The van der Waals surface area contributed by atoms with Gasteiger partial charge in [-0.15, -0.1) is 0 Å². The number of rotatable bonds is 4. The maximum Gasteiger partial charge on any atom is 0.136 e. The zero-order chi connectivity index (χ0) is 30.1. The van der Waals surface area contributed by atoms with Crippen molar-refractivity contribution in [3.8, 4) is 22.3 Å². The Morgan fingerprint density at radius 3 is 1.93 bits per heavy atom. The molecule has 0 saturated heterocycles. The third-order valence-electron chi connectivity index (χ3n) is 9.63. The van der Waals surface area contributed by atoms with Crippen molar-refractivity contribution in [3.05, 3.63) is 163 Å². The highest BCUT2D eigenvalue weighted by molar-refractivity contribution is 6.11. The van der Waals surface area contributed by atoms with E-state index in [1.54, 1.807) is 0 Å². The third-order valence-corrected chi connectivity index (χ3v) is 9.63. The molecule has 0 spiro atoms. The lowest BCUT2D eigenvalue weighted by Crippen LogP contribution is -2.16. The second-order valence-corrected chi connectivity index (χ2v) is 12.6. The number of benzene rings is 7. The molecule has 8 aromatic rings. The van der Waals surface area contributed by atoms with E-state index < -0.39 is 0 Å². The number of furan rings is 1. The minimum Gasteiger partial charge on any atom is -0.456 e. The standard InChI is InChI=1S/C43H31NO/c1-43(2)38-18-10-8-17-34(38)35-22-20-32(27-39(35)43)44(40-19-11-9-16-33(40)28-12-4-3-5-13-28)31-21-23-41-37(26-31)36-24-29-14-6-7-15-30(29)25-42(36)45-41/h3-27H,1-2H3. The summed E-state index contributed by atoms with van der Waals surface area (Å²) in [5, 5.41) is 4.64. The molecule has 7 aromatic carbocycles. The summed E-state index contributed by atoms with van der Waals surface area (Å²) in [5.74, 6) is 0. The van der Waals surface area contributed by atoms with Crippen molar-refractivity contribution in [2.24, 2.45) is 0 Å². The van der Waals surface area contributed by atoms with Crippen molar-refractivity contribution >= 4 is 49.8 Å². The molecule has 2 heteroatoms. The Kier molecular flexibility index (Phi) is 5.58. The number of para-hydroxylation sites is 1. The molecule has 1 aliphatic carbocycles. The highest BCUT2D eigenvalue weighted by atomic mass is 16.3. The first-order valence-electron chi connectivity index (χ1n) is 15.6. The molecule has 214 valence electrons. The summed E-state index contributed by atoms with van der Waals surface area (Å²) in [6.45, 7) is 4.69. The van der Waals surface area contributed by atoms with Gasteiger partial charge in [-0.1, -0.05) is 117 Å². The Hall–Kier alpha value is -5.60. The number of hydrogen-bond acceptors (Lipinski definition) is 2. The normalized spacial score (nSPS) is 13.3. The van der Waals surface area contributed by atoms with E-state index in [0.717, 1.165) is 39.0 Å². The van der Waals surface area contributed by atoms with E-state index in [0.29, 0.717) is 0 Å². The molecule has 1 heterocycles. The molecule has 9 rings (SSSR count). The molecule has 0 unspecified atom stereocenters. The van der Waals surface area contributed by atoms with E-state index in [4.69, 9.17) is 4.42 Å². The number of fused-ring (bicyclic) bond motifs is 7. The van der Waals surface area contributed by atoms with Crippen molar-refractivity contribution in [2.75, 3.05) is 4.90 Å². The zero-order valence-corrected chi connectivity index (χ0v) is 25.3. The summed E-state index contributed by atoms with van der Waals surface area (Å²) in [5.41, 5.74) is 12.8. The van der Waals surface area contributed by atoms with Crippen LogP contribution in [-0.2, 0) is 5.41 Å². The molecule has 1 aliphatic rings. The van der Waals surface area contributed by atoms with Crippen LogP contribution in [0.3, 0.4) is 0 Å². The molecule has 2 nitrogen and oxygen atoms in total. The van der Waals surface area contributed by atoms with Gasteiger partial charge in [0.2, 0.25) is 0 Å². The average Bonchev–Trinajstić information content (AvgIpc) is 3.55. The molecule has 0 aliphatic heterocycles. The van der Waals surface area contributed by atoms with Crippen LogP contribution in [0.2, 0.25) is 0 Å². The van der Waals surface area contributed by atoms with Crippen LogP contribution in [0.1, 0.15) is 25.0 Å². The second kappa shape index (κ2) is 9.70. The van der Waals surface area contributed by atoms with Crippen molar-refractivity contribution in [1.82, 2.24) is 0 Å². The summed E-state index contributed by atoms with van der Waals surface area (Å²) >= 11 is 0. The molecule has 0 atom stereocenters. The molecule has 0 saturated carbocycles. The van der Waals surface area contributed by atoms with Crippen LogP contribution >= 0.6 is 0 Å². The molecule has 0 bridgehead atoms. The third kappa shape index (κ3) is 3.96. The van der Waals surface area contributed by atoms with Gasteiger partial charge in [0.25, 0.3) is 0 Å². The van der Waals surface area contributed by atoms with Gasteiger partial charge in [0.15, 0.2) is 0 Å². The Bertz CT molecular complexity index is 2410. The van der Waals surface area contributed by atoms with Crippen molar-refractivity contribution < 1.29 is 4.42 Å². The van der Waals surface area contributed by atoms with Gasteiger partial charge in [-0.2, -0.15) is 0 Å². The largest absolute Gasteiger partial charge is 0.456 e. The minimum atomic E-state index is -0.0989.